The molecule has 0 aromatic heterocycles. The topological polar surface area (TPSA) is 104 Å². The molecular formula is C26H35N3O5S. The standard InChI is InChI=1S/C26H35N3O5S/c1-18(2)15-27-26(32)20(4)28(16-22-10-7-9-19(3)13-22)25(31)17-29(35(6,33)34)24-12-8-11-23(14-24)21(5)30/h7-14,18,20H,15-17H2,1-6H3,(H,27,32)/t20-/m1/s1. The normalized spacial score (nSPS) is 12.2. The summed E-state index contributed by atoms with van der Waals surface area (Å²) in [6.45, 7) is 8.99. The SMILES string of the molecule is CC(=O)c1cccc(N(CC(=O)N(Cc2cccc(C)c2)[C@H](C)C(=O)NCC(C)C)S(C)(=O)=O)c1. The fourth-order valence-electron chi connectivity index (χ4n) is 3.54. The zero-order valence-corrected chi connectivity index (χ0v) is 22.1. The van der Waals surface area contributed by atoms with Crippen LogP contribution >= 0.6 is 0 Å². The Balaban J connectivity index is 2.41. The lowest BCUT2D eigenvalue weighted by molar-refractivity contribution is -0.139. The van der Waals surface area contributed by atoms with Crippen molar-refractivity contribution < 1.29 is 22.8 Å². The van der Waals surface area contributed by atoms with Crippen LogP contribution in [0.25, 0.3) is 0 Å². The van der Waals surface area contributed by atoms with Gasteiger partial charge in [-0.2, -0.15) is 0 Å². The Bertz CT molecular complexity index is 1180. The van der Waals surface area contributed by atoms with Crippen LogP contribution in [0.3, 0.4) is 0 Å². The Morgan fingerprint density at radius 3 is 2.23 bits per heavy atom. The van der Waals surface area contributed by atoms with Crippen molar-refractivity contribution in [3.05, 3.63) is 65.2 Å². The second kappa shape index (κ2) is 12.0. The minimum absolute atomic E-state index is 0.141. The van der Waals surface area contributed by atoms with Gasteiger partial charge in [0.05, 0.1) is 11.9 Å². The Labute approximate surface area is 208 Å². The highest BCUT2D eigenvalue weighted by Gasteiger charge is 2.30. The van der Waals surface area contributed by atoms with Gasteiger partial charge in [0.1, 0.15) is 12.6 Å². The Morgan fingerprint density at radius 2 is 1.66 bits per heavy atom. The molecule has 1 atom stereocenters. The molecule has 35 heavy (non-hydrogen) atoms. The molecule has 2 aromatic carbocycles. The first-order valence-electron chi connectivity index (χ1n) is 11.5. The van der Waals surface area contributed by atoms with Crippen LogP contribution in [0.2, 0.25) is 0 Å². The van der Waals surface area contributed by atoms with Crippen LogP contribution in [-0.2, 0) is 26.2 Å². The first-order valence-corrected chi connectivity index (χ1v) is 13.4. The lowest BCUT2D eigenvalue weighted by atomic mass is 10.1. The maximum atomic E-state index is 13.5. The van der Waals surface area contributed by atoms with Crippen LogP contribution in [0.5, 0.6) is 0 Å². The van der Waals surface area contributed by atoms with Gasteiger partial charge < -0.3 is 10.2 Å². The molecule has 0 unspecified atom stereocenters. The number of ketones is 1. The summed E-state index contributed by atoms with van der Waals surface area (Å²) in [5.74, 6) is -0.828. The summed E-state index contributed by atoms with van der Waals surface area (Å²) in [6.07, 6.45) is 1.00. The number of hydrogen-bond acceptors (Lipinski definition) is 5. The van der Waals surface area contributed by atoms with Crippen LogP contribution in [0.1, 0.15) is 49.2 Å². The van der Waals surface area contributed by atoms with Gasteiger partial charge in [0.15, 0.2) is 5.78 Å². The molecule has 8 nitrogen and oxygen atoms in total. The van der Waals surface area contributed by atoms with E-state index >= 15 is 0 Å². The van der Waals surface area contributed by atoms with Gasteiger partial charge in [-0.1, -0.05) is 55.8 Å². The summed E-state index contributed by atoms with van der Waals surface area (Å²) >= 11 is 0. The fourth-order valence-corrected chi connectivity index (χ4v) is 4.38. The molecule has 0 aliphatic heterocycles. The van der Waals surface area contributed by atoms with Crippen molar-refractivity contribution in [1.29, 1.82) is 0 Å². The molecule has 0 aliphatic rings. The van der Waals surface area contributed by atoms with E-state index in [9.17, 15) is 22.8 Å². The minimum atomic E-state index is -3.86. The smallest absolute Gasteiger partial charge is 0.244 e. The Kier molecular flexibility index (Phi) is 9.59. The number of benzene rings is 2. The molecule has 0 spiro atoms. The van der Waals surface area contributed by atoms with Gasteiger partial charge in [0.2, 0.25) is 21.8 Å². The van der Waals surface area contributed by atoms with Crippen LogP contribution in [-0.4, -0.2) is 56.3 Å². The summed E-state index contributed by atoms with van der Waals surface area (Å²) < 4.78 is 26.3. The van der Waals surface area contributed by atoms with E-state index in [-0.39, 0.29) is 29.8 Å². The van der Waals surface area contributed by atoms with Gasteiger partial charge in [0.25, 0.3) is 0 Å². The minimum Gasteiger partial charge on any atom is -0.354 e. The molecule has 0 aliphatic carbocycles. The zero-order valence-electron chi connectivity index (χ0n) is 21.2. The summed E-state index contributed by atoms with van der Waals surface area (Å²) in [7, 11) is -3.86. The summed E-state index contributed by atoms with van der Waals surface area (Å²) in [5.41, 5.74) is 2.37. The largest absolute Gasteiger partial charge is 0.354 e. The van der Waals surface area contributed by atoms with Gasteiger partial charge in [0, 0.05) is 18.7 Å². The summed E-state index contributed by atoms with van der Waals surface area (Å²) in [4.78, 5) is 39.6. The molecule has 0 fully saturated rings. The number of nitrogens with one attached hydrogen (secondary N) is 1. The average Bonchev–Trinajstić information content (AvgIpc) is 2.78. The number of rotatable bonds is 11. The number of amides is 2. The van der Waals surface area contributed by atoms with Crippen molar-refractivity contribution in [2.24, 2.45) is 5.92 Å². The predicted molar refractivity (Wildman–Crippen MR) is 138 cm³/mol. The number of carbonyl (C=O) groups is 3. The monoisotopic (exact) mass is 501 g/mol. The second-order valence-electron chi connectivity index (χ2n) is 9.20. The molecule has 1 N–H and O–H groups in total. The van der Waals surface area contributed by atoms with Crippen molar-refractivity contribution in [3.8, 4) is 0 Å². The lowest BCUT2D eigenvalue weighted by Gasteiger charge is -2.31. The molecule has 2 amide bonds. The molecule has 0 saturated heterocycles. The van der Waals surface area contributed by atoms with Crippen LogP contribution < -0.4 is 9.62 Å². The molecule has 0 saturated carbocycles. The number of carbonyl (C=O) groups excluding carboxylic acids is 3. The molecular weight excluding hydrogens is 466 g/mol. The van der Waals surface area contributed by atoms with Crippen LogP contribution in [0, 0.1) is 12.8 Å². The van der Waals surface area contributed by atoms with Crippen molar-refractivity contribution in [2.75, 3.05) is 23.7 Å². The quantitative estimate of drug-likeness (QED) is 0.477. The van der Waals surface area contributed by atoms with E-state index in [1.807, 2.05) is 45.0 Å². The third kappa shape index (κ3) is 8.20. The van der Waals surface area contributed by atoms with Crippen molar-refractivity contribution in [3.63, 3.8) is 0 Å². The number of Topliss-reactive ketones (excluding diaryl/α,β-unsaturated/α-hetero) is 1. The van der Waals surface area contributed by atoms with Gasteiger partial charge in [-0.3, -0.25) is 18.7 Å². The van der Waals surface area contributed by atoms with Gasteiger partial charge in [-0.15, -0.1) is 0 Å². The number of anilines is 1. The highest BCUT2D eigenvalue weighted by atomic mass is 32.2. The third-order valence-corrected chi connectivity index (χ3v) is 6.65. The number of hydrogen-bond donors (Lipinski definition) is 1. The molecule has 0 heterocycles. The maximum absolute atomic E-state index is 13.5. The third-order valence-electron chi connectivity index (χ3n) is 5.51. The van der Waals surface area contributed by atoms with E-state index in [1.165, 1.54) is 24.0 Å². The zero-order chi connectivity index (χ0) is 26.3. The molecule has 2 rings (SSSR count). The second-order valence-corrected chi connectivity index (χ2v) is 11.1. The van der Waals surface area contributed by atoms with E-state index in [0.29, 0.717) is 12.1 Å². The van der Waals surface area contributed by atoms with Crippen LogP contribution in [0.4, 0.5) is 5.69 Å². The Morgan fingerprint density at radius 1 is 1.00 bits per heavy atom. The van der Waals surface area contributed by atoms with Gasteiger partial charge in [-0.25, -0.2) is 8.42 Å². The first kappa shape index (κ1) is 28.0. The maximum Gasteiger partial charge on any atom is 0.244 e. The van der Waals surface area contributed by atoms with E-state index in [4.69, 9.17) is 0 Å². The van der Waals surface area contributed by atoms with E-state index in [2.05, 4.69) is 5.32 Å². The van der Waals surface area contributed by atoms with E-state index in [1.54, 1.807) is 19.1 Å². The van der Waals surface area contributed by atoms with Crippen LogP contribution in [0.15, 0.2) is 48.5 Å². The Hall–Kier alpha value is -3.20. The highest BCUT2D eigenvalue weighted by Crippen LogP contribution is 2.21. The highest BCUT2D eigenvalue weighted by molar-refractivity contribution is 7.92. The van der Waals surface area contributed by atoms with E-state index in [0.717, 1.165) is 21.7 Å². The fraction of sp³-hybridized carbons (Fsp3) is 0.423. The molecule has 0 bridgehead atoms. The van der Waals surface area contributed by atoms with Gasteiger partial charge in [-0.05, 0) is 44.4 Å². The predicted octanol–water partition coefficient (Wildman–Crippen LogP) is 3.15. The molecule has 0 radical (unpaired) electrons. The molecule has 9 heteroatoms. The summed E-state index contributed by atoms with van der Waals surface area (Å²) in [5, 5.41) is 2.85. The van der Waals surface area contributed by atoms with Crippen molar-refractivity contribution >= 4 is 33.3 Å². The molecule has 190 valence electrons. The first-order chi connectivity index (χ1) is 16.3. The molecule has 2 aromatic rings. The number of sulfonamides is 1. The summed E-state index contributed by atoms with van der Waals surface area (Å²) in [6, 6.07) is 12.9. The number of nitrogens with zero attached hydrogens (tertiary/aromatic N) is 2. The van der Waals surface area contributed by atoms with Crippen molar-refractivity contribution in [2.45, 2.75) is 47.2 Å². The average molecular weight is 502 g/mol. The van der Waals surface area contributed by atoms with E-state index < -0.39 is 28.5 Å². The van der Waals surface area contributed by atoms with Gasteiger partial charge >= 0.3 is 0 Å². The lowest BCUT2D eigenvalue weighted by Crippen LogP contribution is -2.51. The number of aryl methyl sites for hydroxylation is 1. The van der Waals surface area contributed by atoms with Crippen molar-refractivity contribution in [1.82, 2.24) is 10.2 Å².